The van der Waals surface area contributed by atoms with Crippen LogP contribution in [0.2, 0.25) is 0 Å². The molecule has 1 saturated heterocycles. The molecular weight excluding hydrogens is 214 g/mol. The lowest BCUT2D eigenvalue weighted by Gasteiger charge is -2.26. The van der Waals surface area contributed by atoms with Crippen LogP contribution in [0.3, 0.4) is 0 Å². The van der Waals surface area contributed by atoms with Gasteiger partial charge < -0.3 is 9.80 Å². The second kappa shape index (κ2) is 6.97. The van der Waals surface area contributed by atoms with E-state index in [4.69, 9.17) is 0 Å². The third-order valence-corrected chi connectivity index (χ3v) is 3.70. The number of hydrogen-bond donors (Lipinski definition) is 1. The topological polar surface area (TPSA) is 35.6 Å². The Morgan fingerprint density at radius 2 is 1.82 bits per heavy atom. The highest BCUT2D eigenvalue weighted by Crippen LogP contribution is 2.15. The Hall–Kier alpha value is -0.610. The molecule has 0 spiro atoms. The van der Waals surface area contributed by atoms with E-state index in [0.29, 0.717) is 0 Å². The van der Waals surface area contributed by atoms with Crippen LogP contribution in [-0.2, 0) is 4.79 Å². The van der Waals surface area contributed by atoms with Crippen molar-refractivity contribution >= 4 is 5.91 Å². The van der Waals surface area contributed by atoms with Gasteiger partial charge >= 0.3 is 0 Å². The second-order valence-corrected chi connectivity index (χ2v) is 4.61. The lowest BCUT2D eigenvalue weighted by atomic mass is 10.2. The van der Waals surface area contributed by atoms with Gasteiger partial charge in [-0.05, 0) is 25.9 Å². The number of nitrogens with one attached hydrogen (secondary N) is 1. The van der Waals surface area contributed by atoms with E-state index in [0.717, 1.165) is 39.0 Å². The molecule has 100 valence electrons. The fraction of sp³-hybridized carbons (Fsp3) is 0.923. The third kappa shape index (κ3) is 3.42. The van der Waals surface area contributed by atoms with E-state index in [2.05, 4.69) is 37.9 Å². The molecule has 1 N–H and O–H groups in total. The van der Waals surface area contributed by atoms with Crippen LogP contribution in [0, 0.1) is 0 Å². The summed E-state index contributed by atoms with van der Waals surface area (Å²) >= 11 is 0. The van der Waals surface area contributed by atoms with Gasteiger partial charge in [0.1, 0.15) is 0 Å². The lowest BCUT2D eigenvalue weighted by Crippen LogP contribution is -2.42. The zero-order valence-electron chi connectivity index (χ0n) is 11.7. The normalized spacial score (nSPS) is 25.0. The fourth-order valence-electron chi connectivity index (χ4n) is 2.43. The van der Waals surface area contributed by atoms with Gasteiger partial charge in [-0.2, -0.15) is 0 Å². The van der Waals surface area contributed by atoms with Gasteiger partial charge in [0.25, 0.3) is 0 Å². The molecule has 0 saturated carbocycles. The van der Waals surface area contributed by atoms with Gasteiger partial charge in [0.05, 0.1) is 12.2 Å². The lowest BCUT2D eigenvalue weighted by molar-refractivity contribution is -0.130. The van der Waals surface area contributed by atoms with Crippen molar-refractivity contribution < 1.29 is 4.79 Å². The molecule has 0 aromatic rings. The standard InChI is InChI=1S/C13H27N3O/c1-5-11-13(17)16(12(6-2)14-11)10-9-15(7-3)8-4/h11-12,14H,5-10H2,1-4H3. The number of carbonyl (C=O) groups excluding carboxylic acids is 1. The van der Waals surface area contributed by atoms with Crippen LogP contribution in [0.1, 0.15) is 40.5 Å². The maximum Gasteiger partial charge on any atom is 0.241 e. The van der Waals surface area contributed by atoms with Crippen LogP contribution in [-0.4, -0.2) is 54.1 Å². The van der Waals surface area contributed by atoms with E-state index < -0.39 is 0 Å². The van der Waals surface area contributed by atoms with Crippen molar-refractivity contribution in [2.24, 2.45) is 0 Å². The van der Waals surface area contributed by atoms with Crippen molar-refractivity contribution in [1.82, 2.24) is 15.1 Å². The molecule has 0 aliphatic carbocycles. The molecule has 1 amide bonds. The van der Waals surface area contributed by atoms with E-state index in [1.165, 1.54) is 0 Å². The maximum absolute atomic E-state index is 12.1. The first kappa shape index (κ1) is 14.5. The quantitative estimate of drug-likeness (QED) is 0.729. The highest BCUT2D eigenvalue weighted by molar-refractivity contribution is 5.84. The molecule has 1 rings (SSSR count). The van der Waals surface area contributed by atoms with Crippen molar-refractivity contribution in [2.45, 2.75) is 52.7 Å². The van der Waals surface area contributed by atoms with Crippen LogP contribution in [0.25, 0.3) is 0 Å². The van der Waals surface area contributed by atoms with Gasteiger partial charge in [-0.15, -0.1) is 0 Å². The molecule has 2 unspecified atom stereocenters. The number of carbonyl (C=O) groups is 1. The van der Waals surface area contributed by atoms with Crippen molar-refractivity contribution in [1.29, 1.82) is 0 Å². The van der Waals surface area contributed by atoms with Crippen molar-refractivity contribution in [3.8, 4) is 0 Å². The summed E-state index contributed by atoms with van der Waals surface area (Å²) in [5.41, 5.74) is 0. The van der Waals surface area contributed by atoms with Crippen molar-refractivity contribution in [2.75, 3.05) is 26.2 Å². The highest BCUT2D eigenvalue weighted by atomic mass is 16.2. The SMILES string of the molecule is CCC1NC(CC)N(CCN(CC)CC)C1=O. The highest BCUT2D eigenvalue weighted by Gasteiger charge is 2.36. The molecule has 17 heavy (non-hydrogen) atoms. The minimum absolute atomic E-state index is 0.0386. The van der Waals surface area contributed by atoms with Gasteiger partial charge in [0.15, 0.2) is 0 Å². The van der Waals surface area contributed by atoms with E-state index in [1.54, 1.807) is 0 Å². The largest absolute Gasteiger partial charge is 0.325 e. The van der Waals surface area contributed by atoms with E-state index in [1.807, 2.05) is 4.90 Å². The van der Waals surface area contributed by atoms with Crippen LogP contribution >= 0.6 is 0 Å². The van der Waals surface area contributed by atoms with Gasteiger partial charge in [0.2, 0.25) is 5.91 Å². The van der Waals surface area contributed by atoms with Gasteiger partial charge in [0, 0.05) is 13.1 Å². The number of rotatable bonds is 7. The number of hydrogen-bond acceptors (Lipinski definition) is 3. The molecule has 2 atom stereocenters. The predicted molar refractivity (Wildman–Crippen MR) is 70.8 cm³/mol. The summed E-state index contributed by atoms with van der Waals surface area (Å²) in [5.74, 6) is 0.284. The van der Waals surface area contributed by atoms with Crippen LogP contribution in [0.15, 0.2) is 0 Å². The summed E-state index contributed by atoms with van der Waals surface area (Å²) in [6.45, 7) is 12.5. The minimum Gasteiger partial charge on any atom is -0.325 e. The molecule has 4 heteroatoms. The molecular formula is C13H27N3O. The van der Waals surface area contributed by atoms with Crippen molar-refractivity contribution in [3.63, 3.8) is 0 Å². The molecule has 0 aromatic carbocycles. The molecule has 0 aromatic heterocycles. The Morgan fingerprint density at radius 1 is 1.18 bits per heavy atom. The third-order valence-electron chi connectivity index (χ3n) is 3.70. The number of amides is 1. The van der Waals surface area contributed by atoms with Crippen molar-refractivity contribution in [3.05, 3.63) is 0 Å². The zero-order valence-corrected chi connectivity index (χ0v) is 11.7. The Morgan fingerprint density at radius 3 is 2.29 bits per heavy atom. The average Bonchev–Trinajstić information content (AvgIpc) is 2.67. The van der Waals surface area contributed by atoms with E-state index in [-0.39, 0.29) is 18.1 Å². The van der Waals surface area contributed by atoms with E-state index >= 15 is 0 Å². The Balaban J connectivity index is 2.52. The molecule has 0 bridgehead atoms. The van der Waals surface area contributed by atoms with Gasteiger partial charge in [-0.1, -0.05) is 27.7 Å². The Bertz CT molecular complexity index is 241. The Kier molecular flexibility index (Phi) is 5.92. The van der Waals surface area contributed by atoms with Gasteiger partial charge in [-0.25, -0.2) is 0 Å². The maximum atomic E-state index is 12.1. The minimum atomic E-state index is 0.0386. The molecule has 4 nitrogen and oxygen atoms in total. The second-order valence-electron chi connectivity index (χ2n) is 4.61. The molecule has 1 heterocycles. The summed E-state index contributed by atoms with van der Waals surface area (Å²) in [4.78, 5) is 16.5. The summed E-state index contributed by atoms with van der Waals surface area (Å²) in [6, 6.07) is 0.0386. The Labute approximate surface area is 105 Å². The molecule has 1 aliphatic rings. The van der Waals surface area contributed by atoms with Crippen LogP contribution < -0.4 is 5.32 Å². The van der Waals surface area contributed by atoms with Crippen LogP contribution in [0.4, 0.5) is 0 Å². The zero-order chi connectivity index (χ0) is 12.8. The molecule has 0 radical (unpaired) electrons. The average molecular weight is 241 g/mol. The molecule has 1 fully saturated rings. The molecule has 1 aliphatic heterocycles. The summed E-state index contributed by atoms with van der Waals surface area (Å²) in [5, 5.41) is 3.41. The first-order valence-electron chi connectivity index (χ1n) is 6.96. The number of nitrogens with zero attached hydrogens (tertiary/aromatic N) is 2. The fourth-order valence-corrected chi connectivity index (χ4v) is 2.43. The monoisotopic (exact) mass is 241 g/mol. The van der Waals surface area contributed by atoms with Crippen LogP contribution in [0.5, 0.6) is 0 Å². The first-order chi connectivity index (χ1) is 8.17. The van der Waals surface area contributed by atoms with Gasteiger partial charge in [-0.3, -0.25) is 10.1 Å². The summed E-state index contributed by atoms with van der Waals surface area (Å²) in [7, 11) is 0. The predicted octanol–water partition coefficient (Wildman–Crippen LogP) is 1.27. The summed E-state index contributed by atoms with van der Waals surface area (Å²) < 4.78 is 0. The van der Waals surface area contributed by atoms with E-state index in [9.17, 15) is 4.79 Å². The summed E-state index contributed by atoms with van der Waals surface area (Å²) in [6.07, 6.45) is 2.11. The smallest absolute Gasteiger partial charge is 0.241 e. The first-order valence-corrected chi connectivity index (χ1v) is 6.96. The number of likely N-dealkylation sites (N-methyl/N-ethyl adjacent to an activating group) is 1.